The van der Waals surface area contributed by atoms with Gasteiger partial charge in [-0.3, -0.25) is 4.79 Å². The highest BCUT2D eigenvalue weighted by molar-refractivity contribution is 5.85. The third kappa shape index (κ3) is 7.86. The summed E-state index contributed by atoms with van der Waals surface area (Å²) in [5.41, 5.74) is 5.10. The van der Waals surface area contributed by atoms with Crippen LogP contribution in [0, 0.1) is 0 Å². The summed E-state index contributed by atoms with van der Waals surface area (Å²) in [6, 6.07) is 0. The van der Waals surface area contributed by atoms with E-state index >= 15 is 0 Å². The van der Waals surface area contributed by atoms with Gasteiger partial charge in [-0.2, -0.15) is 13.2 Å². The monoisotopic (exact) mass is 220 g/mol. The summed E-state index contributed by atoms with van der Waals surface area (Å²) >= 11 is 0. The van der Waals surface area contributed by atoms with Gasteiger partial charge in [0.05, 0.1) is 0 Å². The van der Waals surface area contributed by atoms with Gasteiger partial charge >= 0.3 is 12.1 Å². The lowest BCUT2D eigenvalue weighted by Crippen LogP contribution is -2.37. The molecule has 0 saturated heterocycles. The van der Waals surface area contributed by atoms with Gasteiger partial charge in [0.1, 0.15) is 0 Å². The summed E-state index contributed by atoms with van der Waals surface area (Å²) in [7, 11) is 0. The molecule has 3 N–H and O–H groups in total. The fraction of sp³-hybridized carbons (Fsp3) is 0.833. The second-order valence-corrected chi connectivity index (χ2v) is 2.25. The molecule has 0 aromatic carbocycles. The molecule has 0 bridgehead atoms. The lowest BCUT2D eigenvalue weighted by molar-refractivity contribution is -0.173. The van der Waals surface area contributed by atoms with Crippen LogP contribution in [0.1, 0.15) is 12.8 Å². The van der Waals surface area contributed by atoms with Crippen LogP contribution in [0.4, 0.5) is 13.2 Å². The highest BCUT2D eigenvalue weighted by Gasteiger charge is 2.37. The average Bonchev–Trinajstić information content (AvgIpc) is 1.96. The number of unbranched alkanes of at least 4 members (excludes halogenated alkanes) is 1. The maximum atomic E-state index is 11.5. The minimum absolute atomic E-state index is 0. The van der Waals surface area contributed by atoms with Gasteiger partial charge in [-0.05, 0) is 19.4 Å². The summed E-state index contributed by atoms with van der Waals surface area (Å²) in [5, 5.41) is 1.74. The largest absolute Gasteiger partial charge is 0.471 e. The average molecular weight is 221 g/mol. The molecule has 13 heavy (non-hydrogen) atoms. The second kappa shape index (κ2) is 6.97. The Labute approximate surface area is 80.3 Å². The zero-order chi connectivity index (χ0) is 9.61. The molecule has 0 aliphatic rings. The molecule has 1 amide bonds. The first-order valence-corrected chi connectivity index (χ1v) is 3.53. The second-order valence-electron chi connectivity index (χ2n) is 2.25. The maximum Gasteiger partial charge on any atom is 0.471 e. The molecular formula is C6H12ClF3N2O. The Morgan fingerprint density at radius 1 is 1.31 bits per heavy atom. The minimum Gasteiger partial charge on any atom is -0.348 e. The van der Waals surface area contributed by atoms with Crippen LogP contribution in [0.25, 0.3) is 0 Å². The van der Waals surface area contributed by atoms with Gasteiger partial charge < -0.3 is 11.1 Å². The molecule has 0 unspecified atom stereocenters. The molecule has 0 spiro atoms. The molecule has 0 atom stereocenters. The zero-order valence-electron chi connectivity index (χ0n) is 6.86. The fourth-order valence-electron chi connectivity index (χ4n) is 0.571. The topological polar surface area (TPSA) is 55.1 Å². The van der Waals surface area contributed by atoms with Gasteiger partial charge in [0.25, 0.3) is 0 Å². The van der Waals surface area contributed by atoms with Crippen LogP contribution in [-0.2, 0) is 4.79 Å². The minimum atomic E-state index is -4.78. The van der Waals surface area contributed by atoms with E-state index in [1.54, 1.807) is 5.32 Å². The molecule has 0 rings (SSSR count). The zero-order valence-corrected chi connectivity index (χ0v) is 7.67. The van der Waals surface area contributed by atoms with Crippen LogP contribution in [0.15, 0.2) is 0 Å². The predicted molar refractivity (Wildman–Crippen MR) is 44.6 cm³/mol. The first-order chi connectivity index (χ1) is 5.48. The number of amides is 1. The van der Waals surface area contributed by atoms with Gasteiger partial charge in [0, 0.05) is 6.54 Å². The maximum absolute atomic E-state index is 11.5. The van der Waals surface area contributed by atoms with E-state index in [9.17, 15) is 18.0 Å². The number of hydrogen-bond acceptors (Lipinski definition) is 2. The Kier molecular flexibility index (Phi) is 8.04. The van der Waals surface area contributed by atoms with Crippen molar-refractivity contribution in [1.29, 1.82) is 0 Å². The number of carbonyl (C=O) groups is 1. The third-order valence-electron chi connectivity index (χ3n) is 1.17. The molecule has 0 fully saturated rings. The Morgan fingerprint density at radius 3 is 2.23 bits per heavy atom. The lowest BCUT2D eigenvalue weighted by atomic mass is 10.3. The van der Waals surface area contributed by atoms with E-state index < -0.39 is 12.1 Å². The molecule has 0 heterocycles. The van der Waals surface area contributed by atoms with Crippen LogP contribution in [0.3, 0.4) is 0 Å². The van der Waals surface area contributed by atoms with Gasteiger partial charge in [0.15, 0.2) is 0 Å². The summed E-state index contributed by atoms with van der Waals surface area (Å²) < 4.78 is 34.6. The number of rotatable bonds is 4. The molecule has 0 radical (unpaired) electrons. The molecule has 0 aliphatic heterocycles. The van der Waals surface area contributed by atoms with Gasteiger partial charge in [0.2, 0.25) is 0 Å². The van der Waals surface area contributed by atoms with E-state index in [4.69, 9.17) is 5.73 Å². The SMILES string of the molecule is Cl.NCCCCNC(=O)C(F)(F)F. The van der Waals surface area contributed by atoms with Crippen LogP contribution in [0.5, 0.6) is 0 Å². The van der Waals surface area contributed by atoms with Gasteiger partial charge in [-0.1, -0.05) is 0 Å². The fourth-order valence-corrected chi connectivity index (χ4v) is 0.571. The standard InChI is InChI=1S/C6H11F3N2O.ClH/c7-6(8,9)5(12)11-4-2-1-3-10;/h1-4,10H2,(H,11,12);1H. The van der Waals surface area contributed by atoms with Gasteiger partial charge in [-0.25, -0.2) is 0 Å². The van der Waals surface area contributed by atoms with Crippen molar-refractivity contribution < 1.29 is 18.0 Å². The first-order valence-electron chi connectivity index (χ1n) is 3.53. The Balaban J connectivity index is 0. The van der Waals surface area contributed by atoms with Crippen molar-refractivity contribution in [2.75, 3.05) is 13.1 Å². The van der Waals surface area contributed by atoms with Crippen molar-refractivity contribution in [3.05, 3.63) is 0 Å². The predicted octanol–water partition coefficient (Wildman–Crippen LogP) is 0.826. The van der Waals surface area contributed by atoms with Crippen molar-refractivity contribution in [2.45, 2.75) is 19.0 Å². The summed E-state index contributed by atoms with van der Waals surface area (Å²) in [6.45, 7) is 0.442. The molecular weight excluding hydrogens is 209 g/mol. The number of alkyl halides is 3. The van der Waals surface area contributed by atoms with E-state index in [-0.39, 0.29) is 19.0 Å². The van der Waals surface area contributed by atoms with E-state index in [2.05, 4.69) is 0 Å². The quantitative estimate of drug-likeness (QED) is 0.690. The summed E-state index contributed by atoms with van der Waals surface area (Å²) in [5.74, 6) is -1.89. The number of halogens is 4. The number of nitrogens with one attached hydrogen (secondary N) is 1. The Hall–Kier alpha value is -0.490. The molecule has 0 aromatic heterocycles. The van der Waals surface area contributed by atoms with Crippen LogP contribution in [0.2, 0.25) is 0 Å². The lowest BCUT2D eigenvalue weighted by Gasteiger charge is -2.06. The highest BCUT2D eigenvalue weighted by Crippen LogP contribution is 2.13. The Bertz CT molecular complexity index is 151. The van der Waals surface area contributed by atoms with E-state index in [0.717, 1.165) is 0 Å². The highest BCUT2D eigenvalue weighted by atomic mass is 35.5. The van der Waals surface area contributed by atoms with Crippen molar-refractivity contribution in [2.24, 2.45) is 5.73 Å². The van der Waals surface area contributed by atoms with E-state index in [1.165, 1.54) is 0 Å². The molecule has 0 aromatic rings. The van der Waals surface area contributed by atoms with Crippen LogP contribution < -0.4 is 11.1 Å². The molecule has 0 aliphatic carbocycles. The van der Waals surface area contributed by atoms with E-state index in [1.807, 2.05) is 0 Å². The molecule has 3 nitrogen and oxygen atoms in total. The Morgan fingerprint density at radius 2 is 1.85 bits per heavy atom. The molecule has 7 heteroatoms. The van der Waals surface area contributed by atoms with Crippen molar-refractivity contribution >= 4 is 18.3 Å². The van der Waals surface area contributed by atoms with Crippen LogP contribution >= 0.6 is 12.4 Å². The summed E-state index contributed by atoms with van der Waals surface area (Å²) in [6.07, 6.45) is -3.70. The number of nitrogens with two attached hydrogens (primary N) is 1. The van der Waals surface area contributed by atoms with Crippen molar-refractivity contribution in [3.8, 4) is 0 Å². The van der Waals surface area contributed by atoms with E-state index in [0.29, 0.717) is 19.4 Å². The number of carbonyl (C=O) groups excluding carboxylic acids is 1. The van der Waals surface area contributed by atoms with Crippen molar-refractivity contribution in [1.82, 2.24) is 5.32 Å². The van der Waals surface area contributed by atoms with Crippen molar-refractivity contribution in [3.63, 3.8) is 0 Å². The molecule has 80 valence electrons. The molecule has 0 saturated carbocycles. The smallest absolute Gasteiger partial charge is 0.348 e. The van der Waals surface area contributed by atoms with Crippen LogP contribution in [-0.4, -0.2) is 25.2 Å². The number of hydrogen-bond donors (Lipinski definition) is 2. The summed E-state index contributed by atoms with van der Waals surface area (Å²) in [4.78, 5) is 10.2. The normalized spacial score (nSPS) is 10.5. The third-order valence-corrected chi connectivity index (χ3v) is 1.17. The van der Waals surface area contributed by atoms with Gasteiger partial charge in [-0.15, -0.1) is 12.4 Å². The first kappa shape index (κ1) is 15.0.